The Labute approximate surface area is 212 Å². The average Bonchev–Trinajstić information content (AvgIpc) is 2.87. The summed E-state index contributed by atoms with van der Waals surface area (Å²) in [6.45, 7) is 9.50. The first-order valence-electron chi connectivity index (χ1n) is 13.3. The first-order chi connectivity index (χ1) is 17.0. The Kier molecular flexibility index (Phi) is 13.9. The number of esters is 1. The van der Waals surface area contributed by atoms with Gasteiger partial charge in [-0.2, -0.15) is 0 Å². The van der Waals surface area contributed by atoms with Crippen LogP contribution in [0.3, 0.4) is 0 Å². The summed E-state index contributed by atoms with van der Waals surface area (Å²) in [6, 6.07) is 16.1. The fraction of sp³-hybridized carbons (Fsp3) is 0.567. The molecular formula is C30H44O5. The second kappa shape index (κ2) is 17.0. The Hall–Kier alpha value is -2.53. The van der Waals surface area contributed by atoms with Crippen molar-refractivity contribution in [1.82, 2.24) is 0 Å². The molecule has 0 N–H and O–H groups in total. The zero-order chi connectivity index (χ0) is 25.3. The van der Waals surface area contributed by atoms with Crippen molar-refractivity contribution in [2.75, 3.05) is 19.8 Å². The van der Waals surface area contributed by atoms with Crippen LogP contribution in [-0.2, 0) is 14.3 Å². The van der Waals surface area contributed by atoms with Gasteiger partial charge in [0.25, 0.3) is 0 Å². The third-order valence-electron chi connectivity index (χ3n) is 5.81. The van der Waals surface area contributed by atoms with Crippen molar-refractivity contribution in [2.45, 2.75) is 91.3 Å². The van der Waals surface area contributed by atoms with Gasteiger partial charge in [0.15, 0.2) is 6.10 Å². The Morgan fingerprint density at radius 2 is 1.23 bits per heavy atom. The smallest absolute Gasteiger partial charge is 0.335 e. The van der Waals surface area contributed by atoms with Crippen molar-refractivity contribution in [1.29, 1.82) is 0 Å². The minimum atomic E-state index is -0.560. The maximum absolute atomic E-state index is 12.1. The van der Waals surface area contributed by atoms with Gasteiger partial charge in [-0.05, 0) is 62.1 Å². The first kappa shape index (κ1) is 28.7. The zero-order valence-electron chi connectivity index (χ0n) is 22.1. The molecule has 35 heavy (non-hydrogen) atoms. The van der Waals surface area contributed by atoms with Gasteiger partial charge in [-0.15, -0.1) is 0 Å². The second-order valence-corrected chi connectivity index (χ2v) is 9.09. The van der Waals surface area contributed by atoms with Crippen molar-refractivity contribution in [3.63, 3.8) is 0 Å². The molecule has 0 aliphatic rings. The van der Waals surface area contributed by atoms with E-state index in [1.807, 2.05) is 43.3 Å². The Bertz CT molecular complexity index is 816. The summed E-state index contributed by atoms with van der Waals surface area (Å²) in [5.74, 6) is 1.30. The molecule has 0 saturated carbocycles. The van der Waals surface area contributed by atoms with Crippen molar-refractivity contribution in [3.05, 3.63) is 48.5 Å². The molecule has 0 heterocycles. The number of benzene rings is 2. The summed E-state index contributed by atoms with van der Waals surface area (Å²) < 4.78 is 22.6. The minimum absolute atomic E-state index is 0.289. The van der Waals surface area contributed by atoms with E-state index in [9.17, 15) is 4.79 Å². The van der Waals surface area contributed by atoms with E-state index in [0.717, 1.165) is 48.5 Å². The summed E-state index contributed by atoms with van der Waals surface area (Å²) in [5.41, 5.74) is 2.24. The van der Waals surface area contributed by atoms with E-state index in [1.165, 1.54) is 32.1 Å². The Morgan fingerprint density at radius 3 is 1.83 bits per heavy atom. The molecule has 5 heteroatoms. The molecule has 2 rings (SSSR count). The number of ether oxygens (including phenoxy) is 4. The molecule has 2 atom stereocenters. The monoisotopic (exact) mass is 484 g/mol. The van der Waals surface area contributed by atoms with E-state index in [2.05, 4.69) is 26.0 Å². The van der Waals surface area contributed by atoms with E-state index in [4.69, 9.17) is 18.9 Å². The summed E-state index contributed by atoms with van der Waals surface area (Å²) in [4.78, 5) is 12.1. The molecule has 2 aromatic rings. The first-order valence-corrected chi connectivity index (χ1v) is 13.3. The lowest BCUT2D eigenvalue weighted by Gasteiger charge is -2.18. The molecule has 0 aromatic heterocycles. The quantitative estimate of drug-likeness (QED) is 0.161. The van der Waals surface area contributed by atoms with Gasteiger partial charge in [0.1, 0.15) is 24.2 Å². The molecular weight excluding hydrogens is 440 g/mol. The molecule has 194 valence electrons. The third kappa shape index (κ3) is 11.6. The lowest BCUT2D eigenvalue weighted by Crippen LogP contribution is -2.30. The molecule has 0 saturated heterocycles. The number of carbonyl (C=O) groups excluding carboxylic acids is 1. The topological polar surface area (TPSA) is 54.0 Å². The van der Waals surface area contributed by atoms with Crippen LogP contribution in [0.5, 0.6) is 11.5 Å². The number of rotatable bonds is 18. The normalized spacial score (nSPS) is 12.7. The third-order valence-corrected chi connectivity index (χ3v) is 5.81. The molecule has 0 bridgehead atoms. The van der Waals surface area contributed by atoms with Gasteiger partial charge in [-0.25, -0.2) is 4.79 Å². The molecule has 2 unspecified atom stereocenters. The number of carbonyl (C=O) groups is 1. The van der Waals surface area contributed by atoms with Crippen LogP contribution in [0.4, 0.5) is 0 Å². The highest BCUT2D eigenvalue weighted by molar-refractivity contribution is 5.74. The average molecular weight is 485 g/mol. The SMILES string of the molecule is CCCCCCCCOc1ccc(-c2ccc(OCC(C)OC(=O)C(C)OCCCC)cc2)cc1. The van der Waals surface area contributed by atoms with E-state index >= 15 is 0 Å². The zero-order valence-corrected chi connectivity index (χ0v) is 22.1. The minimum Gasteiger partial charge on any atom is -0.494 e. The van der Waals surface area contributed by atoms with E-state index < -0.39 is 6.10 Å². The number of hydrogen-bond donors (Lipinski definition) is 0. The van der Waals surface area contributed by atoms with Gasteiger partial charge >= 0.3 is 5.97 Å². The lowest BCUT2D eigenvalue weighted by molar-refractivity contribution is -0.162. The highest BCUT2D eigenvalue weighted by atomic mass is 16.6. The summed E-state index contributed by atoms with van der Waals surface area (Å²) in [6.07, 6.45) is 8.63. The van der Waals surface area contributed by atoms with Crippen LogP contribution in [-0.4, -0.2) is 38.0 Å². The standard InChI is InChI=1S/C30H44O5/c1-5-7-9-10-11-12-22-33-28-17-13-26(14-18-28)27-15-19-29(20-16-27)34-23-24(3)35-30(31)25(4)32-21-8-6-2/h13-20,24-25H,5-12,21-23H2,1-4H3. The molecule has 2 aromatic carbocycles. The molecule has 0 spiro atoms. The van der Waals surface area contributed by atoms with Crippen LogP contribution in [0.2, 0.25) is 0 Å². The van der Waals surface area contributed by atoms with Crippen molar-refractivity contribution in [2.24, 2.45) is 0 Å². The van der Waals surface area contributed by atoms with Crippen molar-refractivity contribution < 1.29 is 23.7 Å². The van der Waals surface area contributed by atoms with Crippen molar-refractivity contribution in [3.8, 4) is 22.6 Å². The lowest BCUT2D eigenvalue weighted by atomic mass is 10.1. The summed E-state index contributed by atoms with van der Waals surface area (Å²) in [7, 11) is 0. The predicted molar refractivity (Wildman–Crippen MR) is 142 cm³/mol. The molecule has 0 radical (unpaired) electrons. The van der Waals surface area contributed by atoms with Crippen LogP contribution in [0, 0.1) is 0 Å². The summed E-state index contributed by atoms with van der Waals surface area (Å²) in [5, 5.41) is 0. The van der Waals surface area contributed by atoms with Crippen LogP contribution in [0.1, 0.15) is 79.1 Å². The van der Waals surface area contributed by atoms with E-state index in [-0.39, 0.29) is 18.7 Å². The fourth-order valence-corrected chi connectivity index (χ4v) is 3.57. The molecule has 5 nitrogen and oxygen atoms in total. The molecule has 0 aliphatic carbocycles. The predicted octanol–water partition coefficient (Wildman–Crippen LogP) is 7.61. The van der Waals surface area contributed by atoms with Gasteiger partial charge in [-0.1, -0.05) is 76.6 Å². The van der Waals surface area contributed by atoms with Crippen molar-refractivity contribution >= 4 is 5.97 Å². The van der Waals surface area contributed by atoms with Gasteiger partial charge in [0, 0.05) is 6.61 Å². The van der Waals surface area contributed by atoms with E-state index in [1.54, 1.807) is 6.92 Å². The Balaban J connectivity index is 1.71. The van der Waals surface area contributed by atoms with Gasteiger partial charge < -0.3 is 18.9 Å². The van der Waals surface area contributed by atoms with E-state index in [0.29, 0.717) is 6.61 Å². The molecule has 0 aliphatic heterocycles. The molecule has 0 fully saturated rings. The largest absolute Gasteiger partial charge is 0.494 e. The fourth-order valence-electron chi connectivity index (χ4n) is 3.57. The summed E-state index contributed by atoms with van der Waals surface area (Å²) >= 11 is 0. The van der Waals surface area contributed by atoms with Gasteiger partial charge in [-0.3, -0.25) is 0 Å². The van der Waals surface area contributed by atoms with Crippen LogP contribution >= 0.6 is 0 Å². The highest BCUT2D eigenvalue weighted by Gasteiger charge is 2.18. The number of unbranched alkanes of at least 4 members (excludes halogenated alkanes) is 6. The number of hydrogen-bond acceptors (Lipinski definition) is 5. The van der Waals surface area contributed by atoms with Gasteiger partial charge in [0.05, 0.1) is 6.61 Å². The maximum Gasteiger partial charge on any atom is 0.335 e. The van der Waals surface area contributed by atoms with Crippen LogP contribution in [0.25, 0.3) is 11.1 Å². The Morgan fingerprint density at radius 1 is 0.686 bits per heavy atom. The maximum atomic E-state index is 12.1. The molecule has 0 amide bonds. The highest BCUT2D eigenvalue weighted by Crippen LogP contribution is 2.25. The van der Waals surface area contributed by atoms with Crippen LogP contribution < -0.4 is 9.47 Å². The second-order valence-electron chi connectivity index (χ2n) is 9.09. The van der Waals surface area contributed by atoms with Gasteiger partial charge in [0.2, 0.25) is 0 Å². The van der Waals surface area contributed by atoms with Crippen LogP contribution in [0.15, 0.2) is 48.5 Å².